The van der Waals surface area contributed by atoms with E-state index < -0.39 is 21.8 Å². The van der Waals surface area contributed by atoms with E-state index in [-0.39, 0.29) is 10.8 Å². The van der Waals surface area contributed by atoms with Crippen molar-refractivity contribution in [3.05, 3.63) is 46.1 Å². The molecular formula is C14H15F3N2O2S2. The number of rotatable bonds is 5. The van der Waals surface area contributed by atoms with E-state index in [0.717, 1.165) is 23.5 Å². The van der Waals surface area contributed by atoms with Crippen LogP contribution in [0.15, 0.2) is 28.5 Å². The summed E-state index contributed by atoms with van der Waals surface area (Å²) in [5.41, 5.74) is 0.338. The zero-order valence-electron chi connectivity index (χ0n) is 12.4. The molecule has 0 saturated carbocycles. The summed E-state index contributed by atoms with van der Waals surface area (Å²) in [6, 6.07) is 4.67. The molecule has 0 aliphatic rings. The van der Waals surface area contributed by atoms with Gasteiger partial charge in [0.15, 0.2) is 4.21 Å². The molecule has 1 heterocycles. The summed E-state index contributed by atoms with van der Waals surface area (Å²) in [6.45, 7) is 3.44. The fourth-order valence-electron chi connectivity index (χ4n) is 2.02. The Morgan fingerprint density at radius 1 is 1.17 bits per heavy atom. The topological polar surface area (TPSA) is 59.1 Å². The van der Waals surface area contributed by atoms with E-state index in [1.165, 1.54) is 12.1 Å². The first-order valence-electron chi connectivity index (χ1n) is 6.69. The summed E-state index contributed by atoms with van der Waals surface area (Å²) >= 11 is 1.09. The van der Waals surface area contributed by atoms with E-state index in [9.17, 15) is 21.6 Å². The number of nitrogens with one attached hydrogen (secondary N) is 1. The van der Waals surface area contributed by atoms with E-state index in [4.69, 9.17) is 0 Å². The number of aromatic nitrogens is 1. The molecule has 2 aromatic rings. The molecule has 0 spiro atoms. The van der Waals surface area contributed by atoms with Crippen molar-refractivity contribution in [1.29, 1.82) is 0 Å². The van der Waals surface area contributed by atoms with Gasteiger partial charge in [0.25, 0.3) is 10.0 Å². The molecule has 0 unspecified atom stereocenters. The lowest BCUT2D eigenvalue weighted by Gasteiger charge is -2.08. The zero-order chi connectivity index (χ0) is 17.3. The molecule has 0 fully saturated rings. The van der Waals surface area contributed by atoms with Gasteiger partial charge in [-0.25, -0.2) is 18.1 Å². The van der Waals surface area contributed by atoms with Crippen LogP contribution in [0, 0.1) is 13.8 Å². The maximum Gasteiger partial charge on any atom is 0.416 e. The summed E-state index contributed by atoms with van der Waals surface area (Å²) in [5.74, 6) is 0. The van der Waals surface area contributed by atoms with Crippen LogP contribution in [0.4, 0.5) is 13.2 Å². The number of thiazole rings is 1. The molecule has 126 valence electrons. The van der Waals surface area contributed by atoms with Gasteiger partial charge in [0, 0.05) is 6.54 Å². The summed E-state index contributed by atoms with van der Waals surface area (Å²) in [7, 11) is -3.65. The first-order valence-corrected chi connectivity index (χ1v) is 8.99. The van der Waals surface area contributed by atoms with E-state index in [2.05, 4.69) is 9.71 Å². The quantitative estimate of drug-likeness (QED) is 0.886. The van der Waals surface area contributed by atoms with E-state index in [0.29, 0.717) is 22.7 Å². The maximum absolute atomic E-state index is 12.5. The predicted octanol–water partition coefficient (Wildman–Crippen LogP) is 3.30. The van der Waals surface area contributed by atoms with Crippen molar-refractivity contribution >= 4 is 21.4 Å². The molecule has 9 heteroatoms. The van der Waals surface area contributed by atoms with Crippen molar-refractivity contribution in [2.24, 2.45) is 0 Å². The van der Waals surface area contributed by atoms with Gasteiger partial charge in [-0.15, -0.1) is 11.3 Å². The highest BCUT2D eigenvalue weighted by molar-refractivity contribution is 7.91. The van der Waals surface area contributed by atoms with Crippen LogP contribution in [0.5, 0.6) is 0 Å². The molecule has 1 aromatic carbocycles. The third-order valence-corrected chi connectivity index (χ3v) is 6.24. The largest absolute Gasteiger partial charge is 0.416 e. The van der Waals surface area contributed by atoms with Gasteiger partial charge in [0.05, 0.1) is 16.3 Å². The highest BCUT2D eigenvalue weighted by Crippen LogP contribution is 2.29. The Morgan fingerprint density at radius 3 is 2.26 bits per heavy atom. The van der Waals surface area contributed by atoms with Gasteiger partial charge in [0.1, 0.15) is 0 Å². The average molecular weight is 364 g/mol. The second-order valence-corrected chi connectivity index (χ2v) is 8.11. The minimum absolute atomic E-state index is 0.101. The summed E-state index contributed by atoms with van der Waals surface area (Å²) in [6.07, 6.45) is -4.07. The van der Waals surface area contributed by atoms with Crippen molar-refractivity contribution < 1.29 is 21.6 Å². The van der Waals surface area contributed by atoms with Gasteiger partial charge < -0.3 is 0 Å². The van der Waals surface area contributed by atoms with Crippen LogP contribution in [0.2, 0.25) is 0 Å². The van der Waals surface area contributed by atoms with Crippen LogP contribution in [0.1, 0.15) is 21.8 Å². The molecule has 0 aliphatic carbocycles. The predicted molar refractivity (Wildman–Crippen MR) is 81.9 cm³/mol. The molecule has 1 N–H and O–H groups in total. The number of halogens is 3. The van der Waals surface area contributed by atoms with Crippen LogP contribution in [-0.4, -0.2) is 19.9 Å². The van der Waals surface area contributed by atoms with Crippen molar-refractivity contribution in [1.82, 2.24) is 9.71 Å². The second kappa shape index (κ2) is 6.58. The van der Waals surface area contributed by atoms with Crippen molar-refractivity contribution in [3.63, 3.8) is 0 Å². The smallest absolute Gasteiger partial charge is 0.245 e. The zero-order valence-corrected chi connectivity index (χ0v) is 14.1. The first kappa shape index (κ1) is 17.9. The second-order valence-electron chi connectivity index (χ2n) is 4.95. The van der Waals surface area contributed by atoms with Crippen LogP contribution >= 0.6 is 11.3 Å². The number of benzene rings is 1. The number of hydrogen-bond acceptors (Lipinski definition) is 4. The Balaban J connectivity index is 1.98. The summed E-state index contributed by atoms with van der Waals surface area (Å²) in [5, 5.41) is 0.658. The van der Waals surface area contributed by atoms with Gasteiger partial charge in [-0.05, 0) is 38.0 Å². The van der Waals surface area contributed by atoms with Crippen LogP contribution < -0.4 is 4.72 Å². The molecule has 4 nitrogen and oxygen atoms in total. The van der Waals surface area contributed by atoms with Crippen LogP contribution in [-0.2, 0) is 22.6 Å². The molecule has 0 atom stereocenters. The van der Waals surface area contributed by atoms with Crippen molar-refractivity contribution in [2.45, 2.75) is 30.7 Å². The lowest BCUT2D eigenvalue weighted by molar-refractivity contribution is -0.137. The number of nitrogens with zero attached hydrogens (tertiary/aromatic N) is 1. The number of alkyl halides is 3. The lowest BCUT2D eigenvalue weighted by atomic mass is 10.1. The van der Waals surface area contributed by atoms with Gasteiger partial charge in [-0.2, -0.15) is 13.2 Å². The molecular weight excluding hydrogens is 349 g/mol. The fourth-order valence-corrected chi connectivity index (χ4v) is 4.58. The van der Waals surface area contributed by atoms with E-state index >= 15 is 0 Å². The molecule has 2 rings (SSSR count). The highest BCUT2D eigenvalue weighted by Gasteiger charge is 2.29. The Labute approximate surface area is 136 Å². The minimum Gasteiger partial charge on any atom is -0.245 e. The molecule has 0 aliphatic heterocycles. The lowest BCUT2D eigenvalue weighted by Crippen LogP contribution is -2.25. The van der Waals surface area contributed by atoms with Crippen LogP contribution in [0.25, 0.3) is 0 Å². The van der Waals surface area contributed by atoms with E-state index in [1.54, 1.807) is 13.8 Å². The molecule has 0 bridgehead atoms. The molecule has 1 aromatic heterocycles. The van der Waals surface area contributed by atoms with Gasteiger partial charge in [-0.3, -0.25) is 0 Å². The third-order valence-electron chi connectivity index (χ3n) is 3.09. The number of hydrogen-bond donors (Lipinski definition) is 1. The van der Waals surface area contributed by atoms with Crippen LogP contribution in [0.3, 0.4) is 0 Å². The SMILES string of the molecule is Cc1nc(C)c(S(=O)(=O)NCCc2ccc(C(F)(F)F)cc2)s1. The minimum atomic E-state index is -4.37. The summed E-state index contributed by atoms with van der Waals surface area (Å²) in [4.78, 5) is 4.07. The normalized spacial score (nSPS) is 12.6. The van der Waals surface area contributed by atoms with Crippen molar-refractivity contribution in [2.75, 3.05) is 6.54 Å². The number of sulfonamides is 1. The molecule has 23 heavy (non-hydrogen) atoms. The standard InChI is InChI=1S/C14H15F3N2O2S2/c1-9-13(22-10(2)19-9)23(20,21)18-8-7-11-3-5-12(6-4-11)14(15,16)17/h3-6,18H,7-8H2,1-2H3. The number of aryl methyl sites for hydroxylation is 2. The maximum atomic E-state index is 12.5. The van der Waals surface area contributed by atoms with Gasteiger partial charge >= 0.3 is 6.18 Å². The van der Waals surface area contributed by atoms with Gasteiger partial charge in [-0.1, -0.05) is 12.1 Å². The monoisotopic (exact) mass is 364 g/mol. The first-order chi connectivity index (χ1) is 10.6. The molecule has 0 amide bonds. The third kappa shape index (κ3) is 4.52. The Bertz CT molecular complexity index is 781. The Morgan fingerprint density at radius 2 is 1.78 bits per heavy atom. The van der Waals surface area contributed by atoms with Crippen molar-refractivity contribution in [3.8, 4) is 0 Å². The molecule has 0 saturated heterocycles. The Hall–Kier alpha value is -1.45. The fraction of sp³-hybridized carbons (Fsp3) is 0.357. The average Bonchev–Trinajstić information content (AvgIpc) is 2.78. The van der Waals surface area contributed by atoms with E-state index in [1.807, 2.05) is 0 Å². The highest BCUT2D eigenvalue weighted by atomic mass is 32.2. The molecule has 0 radical (unpaired) electrons. The summed E-state index contributed by atoms with van der Waals surface area (Å²) < 4.78 is 64.3. The Kier molecular flexibility index (Phi) is 5.12. The van der Waals surface area contributed by atoms with Gasteiger partial charge in [0.2, 0.25) is 0 Å².